The van der Waals surface area contributed by atoms with Gasteiger partial charge in [0.15, 0.2) is 9.84 Å². The summed E-state index contributed by atoms with van der Waals surface area (Å²) in [5.74, 6) is 0. The molecule has 0 amide bonds. The quantitative estimate of drug-likeness (QED) is 0.387. The van der Waals surface area contributed by atoms with E-state index in [4.69, 9.17) is 0 Å². The van der Waals surface area contributed by atoms with Gasteiger partial charge in [0.1, 0.15) is 0 Å². The van der Waals surface area contributed by atoms with Crippen LogP contribution in [0.5, 0.6) is 0 Å². The molecule has 3 N–H and O–H groups in total. The van der Waals surface area contributed by atoms with Gasteiger partial charge >= 0.3 is 0 Å². The van der Waals surface area contributed by atoms with Gasteiger partial charge in [-0.05, 0) is 54.6 Å². The molecule has 0 spiro atoms. The summed E-state index contributed by atoms with van der Waals surface area (Å²) in [7, 11) is -11.7. The van der Waals surface area contributed by atoms with E-state index in [1.54, 1.807) is 30.3 Å². The fraction of sp³-hybridized carbons (Fsp3) is 0.217. The molecular formula is C23H26N4O6S3. The average Bonchev–Trinajstić information content (AvgIpc) is 2.85. The molecule has 10 nitrogen and oxygen atoms in total. The van der Waals surface area contributed by atoms with Crippen molar-refractivity contribution in [3.63, 3.8) is 0 Å². The summed E-state index contributed by atoms with van der Waals surface area (Å²) in [4.78, 5) is 1.91. The van der Waals surface area contributed by atoms with E-state index in [2.05, 4.69) is 19.7 Å². The second kappa shape index (κ2) is 10.1. The largest absolute Gasteiger partial charge is 0.369 e. The molecule has 192 valence electrons. The second-order valence-corrected chi connectivity index (χ2v) is 13.6. The summed E-state index contributed by atoms with van der Waals surface area (Å²) in [5.41, 5.74) is 0.828. The summed E-state index contributed by atoms with van der Waals surface area (Å²) < 4.78 is 80.6. The SMILES string of the molecule is CS(=O)(=O)c1ccc(S(=O)(=O)Nc2ccc(N3CCNCC3)cc2NS(=O)(=O)c2ccccc2)cc1. The Bertz CT molecular complexity index is 1550. The number of sulfonamides is 2. The van der Waals surface area contributed by atoms with Crippen LogP contribution in [0.4, 0.5) is 17.1 Å². The molecule has 0 unspecified atom stereocenters. The van der Waals surface area contributed by atoms with Crippen molar-refractivity contribution in [2.24, 2.45) is 0 Å². The highest BCUT2D eigenvalue weighted by Crippen LogP contribution is 2.32. The van der Waals surface area contributed by atoms with Gasteiger partial charge in [-0.2, -0.15) is 0 Å². The van der Waals surface area contributed by atoms with Crippen LogP contribution in [-0.4, -0.2) is 57.7 Å². The molecule has 0 saturated carbocycles. The Morgan fingerprint density at radius 3 is 1.78 bits per heavy atom. The van der Waals surface area contributed by atoms with Crippen LogP contribution in [0.3, 0.4) is 0 Å². The number of hydrogen-bond donors (Lipinski definition) is 3. The van der Waals surface area contributed by atoms with Crippen molar-refractivity contribution in [2.75, 3.05) is 46.8 Å². The zero-order chi connectivity index (χ0) is 26.0. The van der Waals surface area contributed by atoms with Crippen LogP contribution in [0, 0.1) is 0 Å². The summed E-state index contributed by atoms with van der Waals surface area (Å²) >= 11 is 0. The van der Waals surface area contributed by atoms with E-state index in [1.165, 1.54) is 42.5 Å². The Morgan fingerprint density at radius 2 is 1.19 bits per heavy atom. The molecule has 13 heteroatoms. The third-order valence-corrected chi connectivity index (χ3v) is 9.48. The minimum Gasteiger partial charge on any atom is -0.369 e. The van der Waals surface area contributed by atoms with Crippen molar-refractivity contribution in [1.29, 1.82) is 0 Å². The van der Waals surface area contributed by atoms with Crippen molar-refractivity contribution < 1.29 is 25.3 Å². The van der Waals surface area contributed by atoms with Gasteiger partial charge in [0.2, 0.25) is 0 Å². The number of nitrogens with zero attached hydrogens (tertiary/aromatic N) is 1. The maximum atomic E-state index is 13.1. The van der Waals surface area contributed by atoms with Gasteiger partial charge in [0.25, 0.3) is 20.0 Å². The molecule has 1 aliphatic rings. The Kier molecular flexibility index (Phi) is 7.27. The number of anilines is 3. The zero-order valence-corrected chi connectivity index (χ0v) is 21.8. The molecule has 3 aromatic rings. The second-order valence-electron chi connectivity index (χ2n) is 8.23. The Labute approximate surface area is 211 Å². The minimum atomic E-state index is -4.16. The first-order valence-corrected chi connectivity index (χ1v) is 15.8. The first kappa shape index (κ1) is 25.9. The highest BCUT2D eigenvalue weighted by atomic mass is 32.2. The van der Waals surface area contributed by atoms with E-state index < -0.39 is 29.9 Å². The van der Waals surface area contributed by atoms with Crippen LogP contribution in [-0.2, 0) is 29.9 Å². The lowest BCUT2D eigenvalue weighted by atomic mass is 10.2. The lowest BCUT2D eigenvalue weighted by Crippen LogP contribution is -2.43. The summed E-state index contributed by atoms with van der Waals surface area (Å²) in [5, 5.41) is 3.25. The first-order valence-electron chi connectivity index (χ1n) is 11.0. The van der Waals surface area contributed by atoms with E-state index in [-0.39, 0.29) is 26.1 Å². The van der Waals surface area contributed by atoms with Gasteiger partial charge in [-0.25, -0.2) is 25.3 Å². The highest BCUT2D eigenvalue weighted by molar-refractivity contribution is 7.93. The molecule has 0 radical (unpaired) electrons. The monoisotopic (exact) mass is 550 g/mol. The summed E-state index contributed by atoms with van der Waals surface area (Å²) in [6.45, 7) is 2.96. The van der Waals surface area contributed by atoms with Crippen molar-refractivity contribution in [1.82, 2.24) is 5.32 Å². The fourth-order valence-electron chi connectivity index (χ4n) is 3.70. The molecule has 4 rings (SSSR count). The van der Waals surface area contributed by atoms with Gasteiger partial charge in [0, 0.05) is 38.1 Å². The van der Waals surface area contributed by atoms with Crippen molar-refractivity contribution >= 4 is 46.9 Å². The molecule has 3 aromatic carbocycles. The van der Waals surface area contributed by atoms with E-state index >= 15 is 0 Å². The van der Waals surface area contributed by atoms with Crippen LogP contribution < -0.4 is 19.7 Å². The van der Waals surface area contributed by atoms with Crippen molar-refractivity contribution in [2.45, 2.75) is 14.7 Å². The molecule has 36 heavy (non-hydrogen) atoms. The minimum absolute atomic E-state index is 0.0156. The molecule has 0 aliphatic carbocycles. The number of rotatable bonds is 8. The van der Waals surface area contributed by atoms with E-state index in [0.29, 0.717) is 13.1 Å². The summed E-state index contributed by atoms with van der Waals surface area (Å²) in [6.07, 6.45) is 1.03. The number of benzene rings is 3. The number of nitrogens with one attached hydrogen (secondary N) is 3. The zero-order valence-electron chi connectivity index (χ0n) is 19.4. The van der Waals surface area contributed by atoms with Gasteiger partial charge in [-0.3, -0.25) is 9.44 Å². The van der Waals surface area contributed by atoms with E-state index in [9.17, 15) is 25.3 Å². The maximum Gasteiger partial charge on any atom is 0.261 e. The van der Waals surface area contributed by atoms with Crippen LogP contribution >= 0.6 is 0 Å². The third-order valence-electron chi connectivity index (χ3n) is 5.59. The first-order chi connectivity index (χ1) is 17.0. The van der Waals surface area contributed by atoms with Gasteiger partial charge < -0.3 is 10.2 Å². The molecule has 1 aliphatic heterocycles. The number of sulfone groups is 1. The fourth-order valence-corrected chi connectivity index (χ4v) is 6.50. The Hall–Kier alpha value is -3.13. The van der Waals surface area contributed by atoms with Crippen molar-refractivity contribution in [3.8, 4) is 0 Å². The van der Waals surface area contributed by atoms with Crippen LogP contribution in [0.1, 0.15) is 0 Å². The third kappa shape index (κ3) is 5.98. The predicted octanol–water partition coefficient (Wildman–Crippen LogP) is 2.10. The predicted molar refractivity (Wildman–Crippen MR) is 139 cm³/mol. The van der Waals surface area contributed by atoms with E-state index in [1.807, 2.05) is 0 Å². The molecule has 0 atom stereocenters. The van der Waals surface area contributed by atoms with Crippen LogP contribution in [0.2, 0.25) is 0 Å². The molecule has 1 saturated heterocycles. The van der Waals surface area contributed by atoms with Gasteiger partial charge in [-0.1, -0.05) is 18.2 Å². The smallest absolute Gasteiger partial charge is 0.261 e. The lowest BCUT2D eigenvalue weighted by Gasteiger charge is -2.30. The number of hydrogen-bond acceptors (Lipinski definition) is 8. The molecule has 1 heterocycles. The molecule has 1 fully saturated rings. The average molecular weight is 551 g/mol. The van der Waals surface area contributed by atoms with Crippen LogP contribution in [0.15, 0.2) is 87.5 Å². The Balaban J connectivity index is 1.70. The molecule has 0 bridgehead atoms. The van der Waals surface area contributed by atoms with Gasteiger partial charge in [-0.15, -0.1) is 0 Å². The molecule has 0 aromatic heterocycles. The Morgan fingerprint density at radius 1 is 0.667 bits per heavy atom. The van der Waals surface area contributed by atoms with Gasteiger partial charge in [0.05, 0.1) is 26.1 Å². The van der Waals surface area contributed by atoms with E-state index in [0.717, 1.165) is 25.0 Å². The highest BCUT2D eigenvalue weighted by Gasteiger charge is 2.22. The summed E-state index contributed by atoms with van der Waals surface area (Å²) in [6, 6.07) is 17.3. The number of piperazine rings is 1. The standard InChI is InChI=1S/C23H26N4O6S3/c1-34(28,29)19-8-10-21(11-9-19)36(32,33)25-22-12-7-18(27-15-13-24-14-16-27)17-23(22)26-35(30,31)20-5-3-2-4-6-20/h2-12,17,24-26H,13-16H2,1H3. The topological polar surface area (TPSA) is 142 Å². The molecular weight excluding hydrogens is 524 g/mol. The van der Waals surface area contributed by atoms with Crippen LogP contribution in [0.25, 0.3) is 0 Å². The lowest BCUT2D eigenvalue weighted by molar-refractivity contribution is 0.589. The normalized spacial score (nSPS) is 14.9. The van der Waals surface area contributed by atoms with Crippen molar-refractivity contribution in [3.05, 3.63) is 72.8 Å². The maximum absolute atomic E-state index is 13.1.